The summed E-state index contributed by atoms with van der Waals surface area (Å²) in [5.41, 5.74) is -0.171. The topological polar surface area (TPSA) is 82.0 Å². The second-order valence-corrected chi connectivity index (χ2v) is 8.99. The van der Waals surface area contributed by atoms with Crippen molar-refractivity contribution in [3.8, 4) is 0 Å². The van der Waals surface area contributed by atoms with Gasteiger partial charge in [-0.2, -0.15) is 17.2 Å². The van der Waals surface area contributed by atoms with Gasteiger partial charge in [0.2, 0.25) is 0 Å². The Morgan fingerprint density at radius 3 is 2.73 bits per heavy atom. The Kier molecular flexibility index (Phi) is 8.53. The fourth-order valence-corrected chi connectivity index (χ4v) is 3.98. The van der Waals surface area contributed by atoms with E-state index in [9.17, 15) is 22.0 Å². The lowest BCUT2D eigenvalue weighted by atomic mass is 9.70. The van der Waals surface area contributed by atoms with Crippen molar-refractivity contribution in [3.05, 3.63) is 58.3 Å². The molecule has 0 heterocycles. The lowest BCUT2D eigenvalue weighted by molar-refractivity contribution is -0.119. The van der Waals surface area contributed by atoms with Crippen molar-refractivity contribution in [1.82, 2.24) is 0 Å². The highest BCUT2D eigenvalue weighted by atomic mass is 127. The van der Waals surface area contributed by atoms with Crippen molar-refractivity contribution in [3.63, 3.8) is 0 Å². The molecule has 0 aromatic heterocycles. The Balaban J connectivity index is 2.37. The zero-order valence-electron chi connectivity index (χ0n) is 16.4. The third kappa shape index (κ3) is 5.87. The highest BCUT2D eigenvalue weighted by molar-refractivity contribution is 14.1. The molecule has 2 aliphatic carbocycles. The first kappa shape index (κ1) is 24.4. The quantitative estimate of drug-likeness (QED) is 0.241. The van der Waals surface area contributed by atoms with Gasteiger partial charge in [0.15, 0.2) is 11.4 Å². The van der Waals surface area contributed by atoms with Gasteiger partial charge in [-0.05, 0) is 36.5 Å². The minimum Gasteiger partial charge on any atom is -0.489 e. The molecule has 0 radical (unpaired) electrons. The Morgan fingerprint density at radius 1 is 1.37 bits per heavy atom. The van der Waals surface area contributed by atoms with Gasteiger partial charge in [0.25, 0.3) is 0 Å². The van der Waals surface area contributed by atoms with Crippen LogP contribution in [-0.2, 0) is 23.8 Å². The summed E-state index contributed by atoms with van der Waals surface area (Å²) < 4.78 is 60.6. The molecule has 0 aromatic carbocycles. The maximum absolute atomic E-state index is 12.7. The predicted octanol–water partition coefficient (Wildman–Crippen LogP) is 4.96. The molecule has 1 fully saturated rings. The van der Waals surface area contributed by atoms with E-state index >= 15 is 0 Å². The minimum absolute atomic E-state index is 0.0392. The number of rotatable bonds is 8. The zero-order chi connectivity index (χ0) is 22.4. The van der Waals surface area contributed by atoms with Crippen LogP contribution in [-0.4, -0.2) is 31.3 Å². The number of carbonyl (C=O) groups excluding carboxylic acids is 1. The molecule has 0 bridgehead atoms. The molecule has 0 saturated heterocycles. The van der Waals surface area contributed by atoms with E-state index in [1.165, 1.54) is 18.4 Å². The summed E-state index contributed by atoms with van der Waals surface area (Å²) in [5, 5.41) is 0. The van der Waals surface area contributed by atoms with Crippen LogP contribution in [0.5, 0.6) is 0 Å². The zero-order valence-corrected chi connectivity index (χ0v) is 19.4. The van der Waals surface area contributed by atoms with E-state index in [4.69, 9.17) is 4.74 Å². The monoisotopic (exact) mass is 553 g/mol. The molecule has 0 spiro atoms. The molecule has 0 amide bonds. The van der Waals surface area contributed by atoms with Crippen molar-refractivity contribution in [2.45, 2.75) is 44.5 Å². The Morgan fingerprint density at radius 2 is 2.10 bits per heavy atom. The first-order chi connectivity index (χ1) is 14.1. The average molecular weight is 553 g/mol. The third-order valence-corrected chi connectivity index (χ3v) is 5.90. The van der Waals surface area contributed by atoms with Crippen molar-refractivity contribution in [1.29, 1.82) is 0 Å². The summed E-state index contributed by atoms with van der Waals surface area (Å²) in [6.07, 6.45) is 11.7. The van der Waals surface area contributed by atoms with E-state index in [1.54, 1.807) is 32.2 Å². The minimum atomic E-state index is -5.05. The molecule has 164 valence electrons. The fourth-order valence-electron chi connectivity index (χ4n) is 3.19. The van der Waals surface area contributed by atoms with E-state index in [0.717, 1.165) is 0 Å². The van der Waals surface area contributed by atoms with E-state index in [1.807, 2.05) is 10.2 Å². The maximum atomic E-state index is 12.7. The number of Topliss-reactive ketones (excluding diaryl/α,β-unsaturated/α-hetero) is 1. The van der Waals surface area contributed by atoms with E-state index < -0.39 is 27.4 Å². The molecule has 2 unspecified atom stereocenters. The van der Waals surface area contributed by atoms with E-state index in [-0.39, 0.29) is 24.4 Å². The number of halogens is 3. The number of ketones is 1. The van der Waals surface area contributed by atoms with Gasteiger partial charge in [0.1, 0.15) is 5.76 Å². The molecule has 10 heteroatoms. The molecular weight excluding hydrogens is 531 g/mol. The number of ether oxygens (including phenoxy) is 1. The molecule has 0 aromatic rings. The van der Waals surface area contributed by atoms with Crippen LogP contribution in [0.4, 0.5) is 8.78 Å². The lowest BCUT2D eigenvalue weighted by Gasteiger charge is -2.40. The second-order valence-electron chi connectivity index (χ2n) is 6.76. The van der Waals surface area contributed by atoms with Crippen molar-refractivity contribution >= 4 is 44.2 Å². The average Bonchev–Trinajstić information content (AvgIpc) is 2.67. The van der Waals surface area contributed by atoms with Crippen LogP contribution >= 0.6 is 22.6 Å². The molecular formula is C20H22F2INO5S. The number of nitrogens with zero attached hydrogens (tertiary/aromatic N) is 1. The van der Waals surface area contributed by atoms with Gasteiger partial charge in [0.05, 0.1) is 18.4 Å². The van der Waals surface area contributed by atoms with Crippen molar-refractivity contribution in [2.24, 2.45) is 10.9 Å². The number of allylic oxidation sites excluding steroid dienone is 7. The standard InChI is InChI=1S/C20H22F2INO5S/c1-3-10-24-18-16-12-14(29-30(26,27)19(21)22)7-8-15(16)17(25)13-20(18,2)28-11-6-4-5-9-23/h3,5-11,16,19H,4,12-13H2,1-2H3/b9-5+,10-3+,11-6+,24-18?. The van der Waals surface area contributed by atoms with E-state index in [2.05, 4.69) is 31.8 Å². The van der Waals surface area contributed by atoms with Crippen LogP contribution < -0.4 is 0 Å². The van der Waals surface area contributed by atoms with E-state index in [0.29, 0.717) is 17.7 Å². The molecule has 2 rings (SSSR count). The number of hydrogen-bond acceptors (Lipinski definition) is 6. The largest absolute Gasteiger partial charge is 0.489 e. The molecule has 2 atom stereocenters. The first-order valence-corrected chi connectivity index (χ1v) is 11.8. The van der Waals surface area contributed by atoms with Gasteiger partial charge in [-0.25, -0.2) is 0 Å². The molecule has 6 nitrogen and oxygen atoms in total. The van der Waals surface area contributed by atoms with Crippen LogP contribution in [0.15, 0.2) is 63.2 Å². The third-order valence-electron chi connectivity index (χ3n) is 4.51. The number of alkyl halides is 2. The summed E-state index contributed by atoms with van der Waals surface area (Å²) in [6.45, 7) is 3.49. The predicted molar refractivity (Wildman–Crippen MR) is 119 cm³/mol. The Hall–Kier alpha value is -1.82. The second kappa shape index (κ2) is 10.5. The van der Waals surface area contributed by atoms with Gasteiger partial charge in [-0.1, -0.05) is 40.8 Å². The normalized spacial score (nSPS) is 26.5. The highest BCUT2D eigenvalue weighted by Gasteiger charge is 2.48. The molecule has 2 aliphatic rings. The Bertz CT molecular complexity index is 950. The molecule has 0 aliphatic heterocycles. The summed E-state index contributed by atoms with van der Waals surface area (Å²) >= 11 is 2.10. The number of fused-ring (bicyclic) bond motifs is 1. The lowest BCUT2D eigenvalue weighted by Crippen LogP contribution is -2.50. The van der Waals surface area contributed by atoms with Crippen LogP contribution in [0.3, 0.4) is 0 Å². The maximum Gasteiger partial charge on any atom is 0.372 e. The SMILES string of the molecule is C/C=C/N=C1C2CC(OS(=O)(=O)C(F)F)=CC=C2C(=O)CC1(C)O/C=C/C/C=C/I. The van der Waals surface area contributed by atoms with Gasteiger partial charge < -0.3 is 8.92 Å². The van der Waals surface area contributed by atoms with Gasteiger partial charge in [-0.3, -0.25) is 9.79 Å². The molecule has 30 heavy (non-hydrogen) atoms. The summed E-state index contributed by atoms with van der Waals surface area (Å²) in [7, 11) is -5.05. The first-order valence-electron chi connectivity index (χ1n) is 9.07. The van der Waals surface area contributed by atoms with Gasteiger partial charge in [0, 0.05) is 24.1 Å². The van der Waals surface area contributed by atoms with Crippen molar-refractivity contribution in [2.75, 3.05) is 0 Å². The number of hydrogen-bond donors (Lipinski definition) is 0. The summed E-state index contributed by atoms with van der Waals surface area (Å²) in [5.74, 6) is -4.68. The van der Waals surface area contributed by atoms with Gasteiger partial charge >= 0.3 is 15.9 Å². The molecule has 0 N–H and O–H groups in total. The smallest absolute Gasteiger partial charge is 0.372 e. The fraction of sp³-hybridized carbons (Fsp3) is 0.400. The van der Waals surface area contributed by atoms with Crippen LogP contribution in [0.25, 0.3) is 0 Å². The Labute approximate surface area is 188 Å². The highest BCUT2D eigenvalue weighted by Crippen LogP contribution is 2.40. The van der Waals surface area contributed by atoms with Crippen LogP contribution in [0.1, 0.15) is 33.1 Å². The number of carbonyl (C=O) groups is 1. The number of aliphatic imine (C=N–C) groups is 1. The van der Waals surface area contributed by atoms with Crippen molar-refractivity contribution < 1.29 is 30.9 Å². The summed E-state index contributed by atoms with van der Waals surface area (Å²) in [4.78, 5) is 17.2. The summed E-state index contributed by atoms with van der Waals surface area (Å²) in [6, 6.07) is 0. The molecule has 1 saturated carbocycles. The van der Waals surface area contributed by atoms with Crippen LogP contribution in [0, 0.1) is 5.92 Å². The van der Waals surface area contributed by atoms with Crippen LogP contribution in [0.2, 0.25) is 0 Å². The van der Waals surface area contributed by atoms with Gasteiger partial charge in [-0.15, -0.1) is 0 Å².